The number of carbonyl (C=O) groups is 2. The van der Waals surface area contributed by atoms with Crippen LogP contribution in [0.3, 0.4) is 0 Å². The summed E-state index contributed by atoms with van der Waals surface area (Å²) >= 11 is 1.75. The highest BCUT2D eigenvalue weighted by Crippen LogP contribution is 2.47. The highest BCUT2D eigenvalue weighted by atomic mass is 32.2. The van der Waals surface area contributed by atoms with Gasteiger partial charge in [0.2, 0.25) is 11.8 Å². The molecular formula is C19H25N3O2S. The van der Waals surface area contributed by atoms with E-state index in [1.807, 2.05) is 11.0 Å². The second kappa shape index (κ2) is 6.65. The van der Waals surface area contributed by atoms with Gasteiger partial charge in [0.25, 0.3) is 0 Å². The van der Waals surface area contributed by atoms with E-state index in [-0.39, 0.29) is 28.8 Å². The van der Waals surface area contributed by atoms with Crippen LogP contribution < -0.4 is 5.32 Å². The molecule has 6 heteroatoms. The second-order valence-electron chi connectivity index (χ2n) is 7.48. The average molecular weight is 359 g/mol. The Morgan fingerprint density at radius 2 is 2.16 bits per heavy atom. The van der Waals surface area contributed by atoms with Crippen molar-refractivity contribution in [3.05, 3.63) is 35.9 Å². The van der Waals surface area contributed by atoms with E-state index < -0.39 is 0 Å². The van der Waals surface area contributed by atoms with E-state index in [1.54, 1.807) is 11.8 Å². The maximum atomic E-state index is 12.8. The fourth-order valence-electron chi connectivity index (χ4n) is 4.25. The SMILES string of the molecule is CC12CCC(=O)N1C(C(=O)NC1CCN(Cc3ccccc3)C1)CS2. The lowest BCUT2D eigenvalue weighted by atomic mass is 10.2. The fourth-order valence-corrected chi connectivity index (χ4v) is 5.68. The van der Waals surface area contributed by atoms with E-state index in [2.05, 4.69) is 41.4 Å². The van der Waals surface area contributed by atoms with Gasteiger partial charge in [0.15, 0.2) is 0 Å². The summed E-state index contributed by atoms with van der Waals surface area (Å²) in [4.78, 5) is 29.0. The van der Waals surface area contributed by atoms with Crippen molar-refractivity contribution in [2.75, 3.05) is 18.8 Å². The number of thioether (sulfide) groups is 1. The number of rotatable bonds is 4. The number of likely N-dealkylation sites (tertiary alicyclic amines) is 1. The van der Waals surface area contributed by atoms with Gasteiger partial charge in [-0.05, 0) is 25.3 Å². The zero-order valence-corrected chi connectivity index (χ0v) is 15.4. The minimum Gasteiger partial charge on any atom is -0.350 e. The molecule has 1 aromatic rings. The minimum absolute atomic E-state index is 0.0260. The second-order valence-corrected chi connectivity index (χ2v) is 8.98. The van der Waals surface area contributed by atoms with Crippen molar-refractivity contribution in [1.29, 1.82) is 0 Å². The molecule has 0 spiro atoms. The number of fused-ring (bicyclic) bond motifs is 1. The van der Waals surface area contributed by atoms with Gasteiger partial charge in [-0.3, -0.25) is 14.5 Å². The van der Waals surface area contributed by atoms with Crippen LogP contribution in [0.1, 0.15) is 31.7 Å². The molecule has 25 heavy (non-hydrogen) atoms. The maximum Gasteiger partial charge on any atom is 0.243 e. The predicted molar refractivity (Wildman–Crippen MR) is 99.0 cm³/mol. The molecular weight excluding hydrogens is 334 g/mol. The van der Waals surface area contributed by atoms with Crippen molar-refractivity contribution in [2.45, 2.75) is 49.7 Å². The molecule has 3 aliphatic rings. The van der Waals surface area contributed by atoms with Crippen molar-refractivity contribution < 1.29 is 9.59 Å². The normalized spacial score (nSPS) is 32.2. The van der Waals surface area contributed by atoms with Gasteiger partial charge < -0.3 is 10.2 Å². The molecule has 3 unspecified atom stereocenters. The van der Waals surface area contributed by atoms with E-state index in [4.69, 9.17) is 0 Å². The third-order valence-electron chi connectivity index (χ3n) is 5.62. The van der Waals surface area contributed by atoms with Crippen molar-refractivity contribution >= 4 is 23.6 Å². The number of hydrogen-bond donors (Lipinski definition) is 1. The molecule has 0 saturated carbocycles. The molecule has 1 N–H and O–H groups in total. The Balaban J connectivity index is 1.32. The molecule has 3 aliphatic heterocycles. The molecule has 3 heterocycles. The number of benzene rings is 1. The minimum atomic E-state index is -0.298. The molecule has 0 aliphatic carbocycles. The van der Waals surface area contributed by atoms with Gasteiger partial charge in [-0.2, -0.15) is 0 Å². The fraction of sp³-hybridized carbons (Fsp3) is 0.579. The molecule has 0 bridgehead atoms. The molecule has 1 aromatic carbocycles. The highest BCUT2D eigenvalue weighted by Gasteiger charge is 2.53. The lowest BCUT2D eigenvalue weighted by Crippen LogP contribution is -2.52. The van der Waals surface area contributed by atoms with Crippen LogP contribution in [0, 0.1) is 0 Å². The van der Waals surface area contributed by atoms with Crippen LogP contribution >= 0.6 is 11.8 Å². The molecule has 2 amide bonds. The summed E-state index contributed by atoms with van der Waals surface area (Å²) < 4.78 is 0. The topological polar surface area (TPSA) is 52.7 Å². The first-order valence-electron chi connectivity index (χ1n) is 9.08. The summed E-state index contributed by atoms with van der Waals surface area (Å²) in [6, 6.07) is 10.3. The van der Waals surface area contributed by atoms with Gasteiger partial charge in [0.05, 0.1) is 4.87 Å². The summed E-state index contributed by atoms with van der Waals surface area (Å²) in [5.41, 5.74) is 1.31. The molecule has 0 aromatic heterocycles. The number of hydrogen-bond acceptors (Lipinski definition) is 4. The van der Waals surface area contributed by atoms with Gasteiger partial charge in [0.1, 0.15) is 6.04 Å². The van der Waals surface area contributed by atoms with Crippen molar-refractivity contribution in [3.8, 4) is 0 Å². The zero-order valence-electron chi connectivity index (χ0n) is 14.6. The van der Waals surface area contributed by atoms with Crippen molar-refractivity contribution in [1.82, 2.24) is 15.1 Å². The van der Waals surface area contributed by atoms with Crippen LogP contribution in [-0.2, 0) is 16.1 Å². The molecule has 4 rings (SSSR count). The molecule has 3 fully saturated rings. The largest absolute Gasteiger partial charge is 0.350 e. The van der Waals surface area contributed by atoms with Gasteiger partial charge in [-0.25, -0.2) is 0 Å². The van der Waals surface area contributed by atoms with Crippen LogP contribution in [0.2, 0.25) is 0 Å². The Kier molecular flexibility index (Phi) is 4.50. The smallest absolute Gasteiger partial charge is 0.243 e. The van der Waals surface area contributed by atoms with Crippen molar-refractivity contribution in [2.24, 2.45) is 0 Å². The predicted octanol–water partition coefficient (Wildman–Crippen LogP) is 1.83. The number of amides is 2. The van der Waals surface area contributed by atoms with Crippen LogP contribution in [0.25, 0.3) is 0 Å². The number of nitrogens with one attached hydrogen (secondary N) is 1. The lowest BCUT2D eigenvalue weighted by molar-refractivity contribution is -0.138. The number of nitrogens with zero attached hydrogens (tertiary/aromatic N) is 2. The van der Waals surface area contributed by atoms with E-state index in [1.165, 1.54) is 5.56 Å². The van der Waals surface area contributed by atoms with Gasteiger partial charge >= 0.3 is 0 Å². The molecule has 0 radical (unpaired) electrons. The molecule has 134 valence electrons. The van der Waals surface area contributed by atoms with E-state index in [0.29, 0.717) is 12.2 Å². The first kappa shape index (κ1) is 16.9. The summed E-state index contributed by atoms with van der Waals surface area (Å²) in [6.07, 6.45) is 2.40. The summed E-state index contributed by atoms with van der Waals surface area (Å²) in [6.45, 7) is 4.90. The van der Waals surface area contributed by atoms with Gasteiger partial charge in [-0.15, -0.1) is 11.8 Å². The third-order valence-corrected chi connectivity index (χ3v) is 7.12. The average Bonchev–Trinajstić information content (AvgIpc) is 3.25. The van der Waals surface area contributed by atoms with Crippen LogP contribution in [0.4, 0.5) is 0 Å². The maximum absolute atomic E-state index is 12.8. The highest BCUT2D eigenvalue weighted by molar-refractivity contribution is 8.01. The van der Waals surface area contributed by atoms with Gasteiger partial charge in [-0.1, -0.05) is 30.3 Å². The molecule has 3 saturated heterocycles. The summed E-state index contributed by atoms with van der Waals surface area (Å²) in [7, 11) is 0. The number of carbonyl (C=O) groups excluding carboxylic acids is 2. The van der Waals surface area contributed by atoms with E-state index in [9.17, 15) is 9.59 Å². The van der Waals surface area contributed by atoms with Crippen LogP contribution in [-0.4, -0.2) is 57.4 Å². The summed E-state index contributed by atoms with van der Waals surface area (Å²) in [5, 5.41) is 3.20. The molecule has 5 nitrogen and oxygen atoms in total. The van der Waals surface area contributed by atoms with Crippen molar-refractivity contribution in [3.63, 3.8) is 0 Å². The lowest BCUT2D eigenvalue weighted by Gasteiger charge is -2.30. The monoisotopic (exact) mass is 359 g/mol. The Morgan fingerprint density at radius 1 is 1.36 bits per heavy atom. The van der Waals surface area contributed by atoms with E-state index in [0.717, 1.165) is 32.5 Å². The quantitative estimate of drug-likeness (QED) is 0.891. The first-order chi connectivity index (χ1) is 12.0. The molecule has 3 atom stereocenters. The third kappa shape index (κ3) is 3.29. The first-order valence-corrected chi connectivity index (χ1v) is 10.1. The Labute approximate surface area is 153 Å². The Hall–Kier alpha value is -1.53. The Bertz CT molecular complexity index is 668. The van der Waals surface area contributed by atoms with Crippen LogP contribution in [0.15, 0.2) is 30.3 Å². The standard InChI is InChI=1S/C19H25N3O2S/c1-19-9-7-17(23)22(19)16(13-25-19)18(24)20-15-8-10-21(12-15)11-14-5-3-2-4-6-14/h2-6,15-16H,7-13H2,1H3,(H,20,24). The van der Waals surface area contributed by atoms with E-state index >= 15 is 0 Å². The zero-order chi connectivity index (χ0) is 17.4. The Morgan fingerprint density at radius 3 is 2.96 bits per heavy atom. The van der Waals surface area contributed by atoms with Gasteiger partial charge in [0, 0.05) is 37.8 Å². The van der Waals surface area contributed by atoms with Crippen LogP contribution in [0.5, 0.6) is 0 Å². The summed E-state index contributed by atoms with van der Waals surface area (Å²) in [5.74, 6) is 0.872.